The summed E-state index contributed by atoms with van der Waals surface area (Å²) in [6.07, 6.45) is 3.59. The molecule has 3 heterocycles. The number of amides is 1. The molecule has 0 aliphatic carbocycles. The van der Waals surface area contributed by atoms with E-state index >= 15 is 0 Å². The number of hydrogen-bond acceptors (Lipinski definition) is 5. The van der Waals surface area contributed by atoms with E-state index in [1.807, 2.05) is 9.80 Å². The second-order valence-electron chi connectivity index (χ2n) is 9.59. The summed E-state index contributed by atoms with van der Waals surface area (Å²) in [5.74, 6) is -1.47. The largest absolute Gasteiger partial charge is 0.363 e. The Morgan fingerprint density at radius 1 is 0.973 bits per heavy atom. The third-order valence-corrected chi connectivity index (χ3v) is 7.56. The number of Topliss-reactive ketones (excluding diaryl/α,β-unsaturated/α-hetero) is 1. The third kappa shape index (κ3) is 5.07. The smallest absolute Gasteiger partial charge is 0.253 e. The first-order valence-electron chi connectivity index (χ1n) is 12.5. The summed E-state index contributed by atoms with van der Waals surface area (Å²) < 4.78 is 28.7. The lowest BCUT2D eigenvalue weighted by Crippen LogP contribution is -2.34. The fourth-order valence-corrected chi connectivity index (χ4v) is 5.45. The number of aryl methyl sites for hydroxylation is 1. The van der Waals surface area contributed by atoms with E-state index in [0.717, 1.165) is 50.0 Å². The summed E-state index contributed by atoms with van der Waals surface area (Å²) >= 11 is 6.13. The molecule has 1 saturated heterocycles. The van der Waals surface area contributed by atoms with Gasteiger partial charge in [0.25, 0.3) is 5.91 Å². The lowest BCUT2D eigenvalue weighted by molar-refractivity contribution is 0.0792. The molecule has 3 aromatic rings. The van der Waals surface area contributed by atoms with Crippen LogP contribution in [0.2, 0.25) is 5.02 Å². The van der Waals surface area contributed by atoms with Gasteiger partial charge in [-0.05, 0) is 68.5 Å². The van der Waals surface area contributed by atoms with Crippen molar-refractivity contribution in [3.8, 4) is 0 Å². The summed E-state index contributed by atoms with van der Waals surface area (Å²) in [6.45, 7) is 3.89. The average molecular weight is 525 g/mol. The normalized spacial score (nSPS) is 16.0. The maximum atomic E-state index is 14.6. The molecule has 1 fully saturated rings. The Morgan fingerprint density at radius 2 is 1.68 bits per heavy atom. The van der Waals surface area contributed by atoms with Crippen molar-refractivity contribution in [1.29, 1.82) is 0 Å². The van der Waals surface area contributed by atoms with Crippen molar-refractivity contribution in [2.75, 3.05) is 24.5 Å². The standard InChI is InChI=1S/C28H27ClF2N4O2/c1-17(26-20(30)10-11-21(31)27(26)29)35-14-4-5-22-24(35)16-23(33-32-22)25(36)15-18-6-8-19(9-7-18)28(37)34-12-2-3-13-34/h6-11,16-17H,2-5,12-15H2,1H3. The Kier molecular flexibility index (Phi) is 7.20. The van der Waals surface area contributed by atoms with Crippen molar-refractivity contribution < 1.29 is 18.4 Å². The molecule has 0 N–H and O–H groups in total. The molecule has 5 rings (SSSR count). The van der Waals surface area contributed by atoms with Gasteiger partial charge in [0.2, 0.25) is 0 Å². The number of hydrogen-bond donors (Lipinski definition) is 0. The van der Waals surface area contributed by atoms with E-state index in [4.69, 9.17) is 11.6 Å². The van der Waals surface area contributed by atoms with Crippen molar-refractivity contribution in [2.24, 2.45) is 0 Å². The average Bonchev–Trinajstić information content (AvgIpc) is 3.45. The van der Waals surface area contributed by atoms with Crippen LogP contribution >= 0.6 is 11.6 Å². The quantitative estimate of drug-likeness (QED) is 0.311. The van der Waals surface area contributed by atoms with Crippen molar-refractivity contribution >= 4 is 29.0 Å². The molecule has 192 valence electrons. The zero-order valence-corrected chi connectivity index (χ0v) is 21.3. The molecule has 37 heavy (non-hydrogen) atoms. The van der Waals surface area contributed by atoms with Crippen molar-refractivity contribution in [1.82, 2.24) is 15.1 Å². The van der Waals surface area contributed by atoms with Gasteiger partial charge in [0.15, 0.2) is 5.78 Å². The minimum absolute atomic E-state index is 0.0139. The first-order chi connectivity index (χ1) is 17.8. The Hall–Kier alpha value is -3.39. The molecule has 2 aliphatic rings. The maximum absolute atomic E-state index is 14.6. The van der Waals surface area contributed by atoms with E-state index < -0.39 is 17.7 Å². The second kappa shape index (κ2) is 10.5. The predicted molar refractivity (Wildman–Crippen MR) is 137 cm³/mol. The zero-order chi connectivity index (χ0) is 26.1. The number of benzene rings is 2. The van der Waals surface area contributed by atoms with Crippen molar-refractivity contribution in [3.63, 3.8) is 0 Å². The molecule has 9 heteroatoms. The molecule has 2 aromatic carbocycles. The van der Waals surface area contributed by atoms with Crippen molar-refractivity contribution in [2.45, 2.75) is 45.1 Å². The first kappa shape index (κ1) is 25.3. The molecule has 1 amide bonds. The van der Waals surface area contributed by atoms with Crippen LogP contribution in [0.25, 0.3) is 0 Å². The first-order valence-corrected chi connectivity index (χ1v) is 12.9. The molecule has 0 bridgehead atoms. The van der Waals surface area contributed by atoms with Crippen LogP contribution in [0.15, 0.2) is 42.5 Å². The van der Waals surface area contributed by atoms with Gasteiger partial charge in [-0.1, -0.05) is 23.7 Å². The van der Waals surface area contributed by atoms with E-state index in [9.17, 15) is 18.4 Å². The fraction of sp³-hybridized carbons (Fsp3) is 0.357. The highest BCUT2D eigenvalue weighted by atomic mass is 35.5. The Bertz CT molecular complexity index is 1340. The minimum Gasteiger partial charge on any atom is -0.363 e. The van der Waals surface area contributed by atoms with Gasteiger partial charge in [-0.2, -0.15) is 5.10 Å². The molecule has 0 spiro atoms. The maximum Gasteiger partial charge on any atom is 0.253 e. The van der Waals surface area contributed by atoms with Crippen LogP contribution in [0.3, 0.4) is 0 Å². The van der Waals surface area contributed by atoms with Crippen LogP contribution in [0.5, 0.6) is 0 Å². The van der Waals surface area contributed by atoms with Crippen LogP contribution in [0.1, 0.15) is 69.9 Å². The Morgan fingerprint density at radius 3 is 2.41 bits per heavy atom. The van der Waals surface area contributed by atoms with Gasteiger partial charge >= 0.3 is 0 Å². The number of rotatable bonds is 6. The van der Waals surface area contributed by atoms with Crippen molar-refractivity contribution in [3.05, 3.63) is 87.2 Å². The Labute approximate surface area is 219 Å². The van der Waals surface area contributed by atoms with Crippen LogP contribution in [-0.2, 0) is 12.8 Å². The molecule has 0 saturated carbocycles. The highest BCUT2D eigenvalue weighted by Crippen LogP contribution is 2.37. The van der Waals surface area contributed by atoms with Crippen LogP contribution in [0.4, 0.5) is 14.5 Å². The predicted octanol–water partition coefficient (Wildman–Crippen LogP) is 5.58. The second-order valence-corrected chi connectivity index (χ2v) is 9.97. The molecule has 1 atom stereocenters. The third-order valence-electron chi connectivity index (χ3n) is 7.18. The lowest BCUT2D eigenvalue weighted by atomic mass is 9.99. The van der Waals surface area contributed by atoms with Gasteiger partial charge in [-0.25, -0.2) is 8.78 Å². The van der Waals surface area contributed by atoms with Gasteiger partial charge in [-0.3, -0.25) is 9.59 Å². The van der Waals surface area contributed by atoms with Gasteiger partial charge in [0, 0.05) is 37.2 Å². The summed E-state index contributed by atoms with van der Waals surface area (Å²) in [7, 11) is 0. The number of aromatic nitrogens is 2. The highest BCUT2D eigenvalue weighted by Gasteiger charge is 2.29. The number of fused-ring (bicyclic) bond motifs is 1. The van der Waals surface area contributed by atoms with Crippen LogP contribution in [-0.4, -0.2) is 46.4 Å². The lowest BCUT2D eigenvalue weighted by Gasteiger charge is -2.36. The molecular weight excluding hydrogens is 498 g/mol. The van der Waals surface area contributed by atoms with Gasteiger partial charge < -0.3 is 9.80 Å². The summed E-state index contributed by atoms with van der Waals surface area (Å²) in [4.78, 5) is 29.4. The topological polar surface area (TPSA) is 66.4 Å². The number of anilines is 1. The Balaban J connectivity index is 1.35. The van der Waals surface area contributed by atoms with E-state index in [1.54, 1.807) is 37.3 Å². The summed E-state index contributed by atoms with van der Waals surface area (Å²) in [5, 5.41) is 8.20. The SMILES string of the molecule is CC(c1c(F)ccc(F)c1Cl)N1CCCc2nnc(C(=O)Cc3ccc(C(=O)N4CCCC4)cc3)cc21. The number of halogens is 3. The number of likely N-dealkylation sites (tertiary alicyclic amines) is 1. The van der Waals surface area contributed by atoms with Gasteiger partial charge in [0.1, 0.15) is 17.3 Å². The minimum atomic E-state index is -0.681. The molecule has 1 unspecified atom stereocenters. The number of ketones is 1. The zero-order valence-electron chi connectivity index (χ0n) is 20.5. The summed E-state index contributed by atoms with van der Waals surface area (Å²) in [5.41, 5.74) is 3.01. The van der Waals surface area contributed by atoms with E-state index in [1.165, 1.54) is 0 Å². The molecular formula is C28H27ClF2N4O2. The number of nitrogens with zero attached hydrogens (tertiary/aromatic N) is 4. The monoisotopic (exact) mass is 524 g/mol. The van der Waals surface area contributed by atoms with E-state index in [0.29, 0.717) is 29.9 Å². The fourth-order valence-electron chi connectivity index (χ4n) is 5.14. The van der Waals surface area contributed by atoms with Gasteiger partial charge in [-0.15, -0.1) is 5.10 Å². The molecule has 6 nitrogen and oxygen atoms in total. The van der Waals surface area contributed by atoms with Crippen LogP contribution in [0, 0.1) is 11.6 Å². The van der Waals surface area contributed by atoms with Gasteiger partial charge in [0.05, 0.1) is 22.4 Å². The van der Waals surface area contributed by atoms with Crippen LogP contribution < -0.4 is 4.90 Å². The number of carbonyl (C=O) groups is 2. The van der Waals surface area contributed by atoms with E-state index in [-0.39, 0.29) is 34.4 Å². The molecule has 0 radical (unpaired) electrons. The highest BCUT2D eigenvalue weighted by molar-refractivity contribution is 6.31. The molecule has 1 aromatic heterocycles. The molecule has 2 aliphatic heterocycles. The van der Waals surface area contributed by atoms with E-state index in [2.05, 4.69) is 10.2 Å². The summed E-state index contributed by atoms with van der Waals surface area (Å²) in [6, 6.07) is 10.3. The number of carbonyl (C=O) groups excluding carboxylic acids is 2.